The highest BCUT2D eigenvalue weighted by molar-refractivity contribution is 6.10. The molecule has 0 radical (unpaired) electrons. The van der Waals surface area contributed by atoms with Gasteiger partial charge < -0.3 is 13.9 Å². The highest BCUT2D eigenvalue weighted by Gasteiger charge is 2.19. The molecule has 0 N–H and O–H groups in total. The maximum Gasteiger partial charge on any atom is 0.227 e. The van der Waals surface area contributed by atoms with Crippen LogP contribution in [0, 0.1) is 0 Å². The van der Waals surface area contributed by atoms with Crippen LogP contribution in [-0.4, -0.2) is 9.55 Å². The Balaban J connectivity index is 0.966. The lowest BCUT2D eigenvalue weighted by atomic mass is 9.98. The lowest BCUT2D eigenvalue weighted by molar-refractivity contribution is 0.623. The summed E-state index contributed by atoms with van der Waals surface area (Å²) in [5.41, 5.74) is 14.0. The molecule has 0 saturated carbocycles. The van der Waals surface area contributed by atoms with Crippen LogP contribution < -0.4 is 4.90 Å². The standard InChI is InChI=1S/C57H37N3O/c1-3-13-41(14-4-1)57-58-53-35-27-43-36-42(26-33-50(43)56(53)61-57)38-22-28-45(29-23-38)59(46-30-24-40(25-31-46)49-20-11-15-39-12-7-8-18-48(39)49)47-32-34-52-51-19-9-10-21-54(51)60(55(52)37-47)44-16-5-2-6-17-44/h1-37H. The third kappa shape index (κ3) is 5.96. The van der Waals surface area contributed by atoms with Crippen molar-refractivity contribution in [3.05, 3.63) is 224 Å². The number of fused-ring (bicyclic) bond motifs is 7. The predicted molar refractivity (Wildman–Crippen MR) is 254 cm³/mol. The van der Waals surface area contributed by atoms with Gasteiger partial charge in [-0.05, 0) is 123 Å². The van der Waals surface area contributed by atoms with E-state index in [0.717, 1.165) is 66.8 Å². The van der Waals surface area contributed by atoms with Gasteiger partial charge in [-0.1, -0.05) is 140 Å². The molecule has 0 aliphatic heterocycles. The molecule has 0 bridgehead atoms. The van der Waals surface area contributed by atoms with Crippen molar-refractivity contribution in [3.8, 4) is 39.4 Å². The van der Waals surface area contributed by atoms with Crippen LogP contribution in [0.5, 0.6) is 0 Å². The number of aromatic nitrogens is 2. The van der Waals surface area contributed by atoms with Crippen molar-refractivity contribution >= 4 is 71.5 Å². The number of anilines is 3. The Labute approximate surface area is 352 Å². The summed E-state index contributed by atoms with van der Waals surface area (Å²) in [6, 6.07) is 80.2. The highest BCUT2D eigenvalue weighted by Crippen LogP contribution is 2.42. The van der Waals surface area contributed by atoms with Crippen LogP contribution >= 0.6 is 0 Å². The van der Waals surface area contributed by atoms with E-state index in [-0.39, 0.29) is 0 Å². The third-order valence-corrected chi connectivity index (χ3v) is 12.0. The monoisotopic (exact) mass is 779 g/mol. The van der Waals surface area contributed by atoms with Crippen molar-refractivity contribution in [1.82, 2.24) is 9.55 Å². The number of nitrogens with zero attached hydrogens (tertiary/aromatic N) is 3. The Morgan fingerprint density at radius 1 is 0.377 bits per heavy atom. The summed E-state index contributed by atoms with van der Waals surface area (Å²) in [5, 5.41) is 7.11. The maximum atomic E-state index is 6.35. The first-order chi connectivity index (χ1) is 30.2. The molecule has 0 aliphatic rings. The number of hydrogen-bond donors (Lipinski definition) is 0. The lowest BCUT2D eigenvalue weighted by Gasteiger charge is -2.26. The Morgan fingerprint density at radius 2 is 1.00 bits per heavy atom. The SMILES string of the molecule is c1ccc(-c2nc3ccc4cc(-c5ccc(N(c6ccc(-c7cccc8ccccc78)cc6)c6ccc7c8ccccc8n(-c8ccccc8)c7c6)cc5)ccc4c3o2)cc1. The normalized spacial score (nSPS) is 11.6. The second kappa shape index (κ2) is 14.3. The second-order valence-corrected chi connectivity index (χ2v) is 15.6. The van der Waals surface area contributed by atoms with Gasteiger partial charge in [0, 0.05) is 44.5 Å². The minimum Gasteiger partial charge on any atom is -0.435 e. The summed E-state index contributed by atoms with van der Waals surface area (Å²) < 4.78 is 8.73. The molecule has 2 aromatic heterocycles. The van der Waals surface area contributed by atoms with Crippen molar-refractivity contribution in [2.45, 2.75) is 0 Å². The summed E-state index contributed by atoms with van der Waals surface area (Å²) in [7, 11) is 0. The number of benzene rings is 10. The van der Waals surface area contributed by atoms with Gasteiger partial charge in [0.2, 0.25) is 5.89 Å². The van der Waals surface area contributed by atoms with Gasteiger partial charge in [-0.15, -0.1) is 0 Å². The number of para-hydroxylation sites is 2. The van der Waals surface area contributed by atoms with Gasteiger partial charge in [-0.25, -0.2) is 4.98 Å². The molecule has 0 aliphatic carbocycles. The summed E-state index contributed by atoms with van der Waals surface area (Å²) in [4.78, 5) is 7.17. The van der Waals surface area contributed by atoms with E-state index in [2.05, 4.69) is 204 Å². The van der Waals surface area contributed by atoms with Gasteiger partial charge in [-0.2, -0.15) is 0 Å². The minimum atomic E-state index is 0.635. The van der Waals surface area contributed by atoms with Crippen LogP contribution in [0.15, 0.2) is 229 Å². The summed E-state index contributed by atoms with van der Waals surface area (Å²) >= 11 is 0. The van der Waals surface area contributed by atoms with Gasteiger partial charge >= 0.3 is 0 Å². The van der Waals surface area contributed by atoms with E-state index >= 15 is 0 Å². The fourth-order valence-electron chi connectivity index (χ4n) is 9.07. The van der Waals surface area contributed by atoms with E-state index in [1.54, 1.807) is 0 Å². The number of hydrogen-bond acceptors (Lipinski definition) is 3. The van der Waals surface area contributed by atoms with Crippen LogP contribution in [0.1, 0.15) is 0 Å². The summed E-state index contributed by atoms with van der Waals surface area (Å²) in [5.74, 6) is 0.635. The Hall–Kier alpha value is -8.21. The molecule has 12 aromatic rings. The summed E-state index contributed by atoms with van der Waals surface area (Å²) in [6.45, 7) is 0. The van der Waals surface area contributed by atoms with Crippen LogP contribution in [0.2, 0.25) is 0 Å². The Kier molecular flexibility index (Phi) is 8.13. The quantitative estimate of drug-likeness (QED) is 0.162. The Morgan fingerprint density at radius 3 is 1.80 bits per heavy atom. The highest BCUT2D eigenvalue weighted by atomic mass is 16.3. The van der Waals surface area contributed by atoms with E-state index in [1.165, 1.54) is 38.2 Å². The van der Waals surface area contributed by atoms with Crippen molar-refractivity contribution in [2.24, 2.45) is 0 Å². The number of rotatable bonds is 7. The Bertz CT molecular complexity index is 3560. The van der Waals surface area contributed by atoms with E-state index in [0.29, 0.717) is 5.89 Å². The van der Waals surface area contributed by atoms with Crippen molar-refractivity contribution in [2.75, 3.05) is 4.90 Å². The topological polar surface area (TPSA) is 34.2 Å². The van der Waals surface area contributed by atoms with E-state index in [9.17, 15) is 0 Å². The molecule has 286 valence electrons. The van der Waals surface area contributed by atoms with Crippen molar-refractivity contribution in [3.63, 3.8) is 0 Å². The van der Waals surface area contributed by atoms with Crippen LogP contribution in [0.4, 0.5) is 17.1 Å². The van der Waals surface area contributed by atoms with E-state index < -0.39 is 0 Å². The fraction of sp³-hybridized carbons (Fsp3) is 0. The molecular formula is C57H37N3O. The minimum absolute atomic E-state index is 0.635. The number of oxazole rings is 1. The first kappa shape index (κ1) is 34.8. The molecule has 4 nitrogen and oxygen atoms in total. The molecule has 0 atom stereocenters. The molecule has 2 heterocycles. The first-order valence-corrected chi connectivity index (χ1v) is 20.7. The van der Waals surface area contributed by atoms with Gasteiger partial charge in [0.1, 0.15) is 5.52 Å². The predicted octanol–water partition coefficient (Wildman–Crippen LogP) is 15.7. The van der Waals surface area contributed by atoms with E-state index in [1.807, 2.05) is 30.3 Å². The maximum absolute atomic E-state index is 6.35. The van der Waals surface area contributed by atoms with Gasteiger partial charge in [0.25, 0.3) is 0 Å². The zero-order valence-corrected chi connectivity index (χ0v) is 33.1. The second-order valence-electron chi connectivity index (χ2n) is 15.6. The molecule has 10 aromatic carbocycles. The van der Waals surface area contributed by atoms with Crippen molar-refractivity contribution < 1.29 is 4.42 Å². The van der Waals surface area contributed by atoms with E-state index in [4.69, 9.17) is 9.40 Å². The van der Waals surface area contributed by atoms with Crippen molar-refractivity contribution in [1.29, 1.82) is 0 Å². The van der Waals surface area contributed by atoms with Gasteiger partial charge in [0.05, 0.1) is 11.0 Å². The molecule has 0 fully saturated rings. The third-order valence-electron chi connectivity index (χ3n) is 12.0. The first-order valence-electron chi connectivity index (χ1n) is 20.7. The van der Waals surface area contributed by atoms with Crippen LogP contribution in [-0.2, 0) is 0 Å². The molecule has 4 heteroatoms. The van der Waals surface area contributed by atoms with Gasteiger partial charge in [-0.3, -0.25) is 0 Å². The zero-order chi connectivity index (χ0) is 40.3. The van der Waals surface area contributed by atoms with Crippen LogP contribution in [0.25, 0.3) is 93.8 Å². The van der Waals surface area contributed by atoms with Gasteiger partial charge in [0.15, 0.2) is 5.58 Å². The average molecular weight is 780 g/mol. The molecule has 0 unspecified atom stereocenters. The molecule has 0 spiro atoms. The largest absolute Gasteiger partial charge is 0.435 e. The summed E-state index contributed by atoms with van der Waals surface area (Å²) in [6.07, 6.45) is 0. The fourth-order valence-corrected chi connectivity index (χ4v) is 9.07. The molecule has 12 rings (SSSR count). The smallest absolute Gasteiger partial charge is 0.227 e. The molecule has 0 saturated heterocycles. The molecule has 61 heavy (non-hydrogen) atoms. The lowest BCUT2D eigenvalue weighted by Crippen LogP contribution is -2.10. The zero-order valence-electron chi connectivity index (χ0n) is 33.1. The van der Waals surface area contributed by atoms with Crippen LogP contribution in [0.3, 0.4) is 0 Å². The molecular weight excluding hydrogens is 743 g/mol. The molecule has 0 amide bonds. The average Bonchev–Trinajstić information content (AvgIpc) is 3.92.